The number of oxime groups is 1. The number of nitrogens with zero attached hydrogens (tertiary/aromatic N) is 2. The highest BCUT2D eigenvalue weighted by molar-refractivity contribution is 6.01. The Hall–Kier alpha value is -4.07. The predicted molar refractivity (Wildman–Crippen MR) is 128 cm³/mol. The number of ether oxygens (including phenoxy) is 2. The van der Waals surface area contributed by atoms with Gasteiger partial charge < -0.3 is 24.5 Å². The summed E-state index contributed by atoms with van der Waals surface area (Å²) in [6, 6.07) is 20.7. The molecule has 0 unspecified atom stereocenters. The number of para-hydroxylation sites is 2. The lowest BCUT2D eigenvalue weighted by Gasteiger charge is -2.26. The van der Waals surface area contributed by atoms with Crippen molar-refractivity contribution in [2.24, 2.45) is 5.16 Å². The fraction of sp³-hybridized carbons (Fsp3) is 0.231. The molecule has 0 saturated heterocycles. The van der Waals surface area contributed by atoms with Crippen LogP contribution in [0, 0.1) is 5.82 Å². The summed E-state index contributed by atoms with van der Waals surface area (Å²) >= 11 is 0. The van der Waals surface area contributed by atoms with Gasteiger partial charge in [-0.15, -0.1) is 0 Å². The Morgan fingerprint density at radius 3 is 2.53 bits per heavy atom. The van der Waals surface area contributed by atoms with E-state index in [-0.39, 0.29) is 25.0 Å². The van der Waals surface area contributed by atoms with Crippen LogP contribution in [0.25, 0.3) is 0 Å². The molecule has 7 nitrogen and oxygen atoms in total. The number of anilines is 1. The van der Waals surface area contributed by atoms with Crippen molar-refractivity contribution < 1.29 is 23.5 Å². The first-order valence-electron chi connectivity index (χ1n) is 10.9. The van der Waals surface area contributed by atoms with Gasteiger partial charge in [0.1, 0.15) is 17.3 Å². The average Bonchev–Trinajstić information content (AvgIpc) is 3.34. The number of amides is 2. The highest BCUT2D eigenvalue weighted by Crippen LogP contribution is 2.25. The first-order valence-corrected chi connectivity index (χ1v) is 10.9. The first-order chi connectivity index (χ1) is 16.6. The molecular weight excluding hydrogens is 437 g/mol. The molecule has 8 heteroatoms. The molecule has 1 aliphatic heterocycles. The van der Waals surface area contributed by atoms with E-state index in [4.69, 9.17) is 14.3 Å². The molecule has 0 spiro atoms. The summed E-state index contributed by atoms with van der Waals surface area (Å²) < 4.78 is 24.9. The van der Waals surface area contributed by atoms with Crippen molar-refractivity contribution >= 4 is 17.4 Å². The van der Waals surface area contributed by atoms with Crippen LogP contribution in [0.1, 0.15) is 17.5 Å². The predicted octanol–water partition coefficient (Wildman–Crippen LogP) is 5.07. The van der Waals surface area contributed by atoms with Gasteiger partial charge >= 0.3 is 6.03 Å². The molecule has 2 amide bonds. The highest BCUT2D eigenvalue weighted by atomic mass is 19.1. The zero-order valence-corrected chi connectivity index (χ0v) is 19.0. The second kappa shape index (κ2) is 10.7. The van der Waals surface area contributed by atoms with E-state index in [1.54, 1.807) is 43.5 Å². The zero-order chi connectivity index (χ0) is 23.9. The summed E-state index contributed by atoms with van der Waals surface area (Å²) in [4.78, 5) is 20.4. The Morgan fingerprint density at radius 1 is 1.06 bits per heavy atom. The van der Waals surface area contributed by atoms with Crippen LogP contribution in [0.3, 0.4) is 0 Å². The van der Waals surface area contributed by atoms with Crippen LogP contribution < -0.4 is 14.8 Å². The normalized spacial score (nSPS) is 14.7. The number of methoxy groups -OCH3 is 2. The SMILES string of the molecule is COc1ccc(C2=NO[C@@H](CN(Cc3ccccc3F)C(=O)Nc3ccccc3OC)C2)cc1. The largest absolute Gasteiger partial charge is 0.497 e. The van der Waals surface area contributed by atoms with Crippen LogP contribution in [0.4, 0.5) is 14.9 Å². The van der Waals surface area contributed by atoms with Gasteiger partial charge in [0.05, 0.1) is 38.7 Å². The first kappa shape index (κ1) is 23.1. The minimum atomic E-state index is -0.394. The zero-order valence-electron chi connectivity index (χ0n) is 19.0. The maximum Gasteiger partial charge on any atom is 0.322 e. The third-order valence-electron chi connectivity index (χ3n) is 5.54. The van der Waals surface area contributed by atoms with Gasteiger partial charge in [0.2, 0.25) is 0 Å². The van der Waals surface area contributed by atoms with Gasteiger partial charge in [-0.25, -0.2) is 9.18 Å². The number of hydrogen-bond donors (Lipinski definition) is 1. The molecule has 0 aromatic heterocycles. The van der Waals surface area contributed by atoms with Gasteiger partial charge in [0, 0.05) is 12.0 Å². The van der Waals surface area contributed by atoms with Crippen molar-refractivity contribution in [3.63, 3.8) is 0 Å². The standard InChI is InChI=1S/C26H26FN3O4/c1-32-20-13-11-18(12-14-20)24-15-21(34-29-24)17-30(16-19-7-3-4-8-22(19)27)26(31)28-23-9-5-6-10-25(23)33-2/h3-14,21H,15-17H2,1-2H3,(H,28,31)/t21-/m1/s1. The van der Waals surface area contributed by atoms with Gasteiger partial charge in [-0.3, -0.25) is 0 Å². The molecule has 1 N–H and O–H groups in total. The fourth-order valence-corrected chi connectivity index (χ4v) is 3.72. The van der Waals surface area contributed by atoms with Crippen molar-refractivity contribution in [2.75, 3.05) is 26.1 Å². The molecule has 0 saturated carbocycles. The summed E-state index contributed by atoms with van der Waals surface area (Å²) in [5, 5.41) is 7.08. The smallest absolute Gasteiger partial charge is 0.322 e. The molecule has 4 rings (SSSR count). The van der Waals surface area contributed by atoms with Gasteiger partial charge in [0.25, 0.3) is 0 Å². The number of carbonyl (C=O) groups is 1. The minimum Gasteiger partial charge on any atom is -0.497 e. The molecule has 1 heterocycles. The van der Waals surface area contributed by atoms with Crippen molar-refractivity contribution in [3.8, 4) is 11.5 Å². The quantitative estimate of drug-likeness (QED) is 0.506. The third-order valence-corrected chi connectivity index (χ3v) is 5.54. The lowest BCUT2D eigenvalue weighted by Crippen LogP contribution is -2.40. The Morgan fingerprint density at radius 2 is 1.79 bits per heavy atom. The van der Waals surface area contributed by atoms with Crippen LogP contribution in [0.15, 0.2) is 78.0 Å². The van der Waals surface area contributed by atoms with E-state index in [1.807, 2.05) is 30.3 Å². The Balaban J connectivity index is 1.49. The van der Waals surface area contributed by atoms with Gasteiger partial charge in [-0.2, -0.15) is 0 Å². The average molecular weight is 464 g/mol. The van der Waals surface area contributed by atoms with Gasteiger partial charge in [-0.1, -0.05) is 35.5 Å². The number of rotatable bonds is 8. The molecule has 3 aromatic carbocycles. The maximum atomic E-state index is 14.4. The molecule has 3 aromatic rings. The number of nitrogens with one attached hydrogen (secondary N) is 1. The van der Waals surface area contributed by atoms with E-state index in [0.29, 0.717) is 23.4 Å². The molecular formula is C26H26FN3O4. The molecule has 0 aliphatic carbocycles. The topological polar surface area (TPSA) is 72.4 Å². The van der Waals surface area contributed by atoms with E-state index in [0.717, 1.165) is 17.0 Å². The second-order valence-corrected chi connectivity index (χ2v) is 7.80. The molecule has 1 aliphatic rings. The number of hydrogen-bond acceptors (Lipinski definition) is 5. The lowest BCUT2D eigenvalue weighted by molar-refractivity contribution is 0.0606. The number of carbonyl (C=O) groups excluding carboxylic acids is 1. The second-order valence-electron chi connectivity index (χ2n) is 7.80. The number of halogens is 1. The highest BCUT2D eigenvalue weighted by Gasteiger charge is 2.28. The van der Waals surface area contributed by atoms with Crippen molar-refractivity contribution in [1.82, 2.24) is 4.90 Å². The van der Waals surface area contributed by atoms with Crippen LogP contribution >= 0.6 is 0 Å². The Kier molecular flexibility index (Phi) is 7.27. The number of benzene rings is 3. The molecule has 34 heavy (non-hydrogen) atoms. The molecule has 0 bridgehead atoms. The lowest BCUT2D eigenvalue weighted by atomic mass is 10.0. The monoisotopic (exact) mass is 463 g/mol. The summed E-state index contributed by atoms with van der Waals surface area (Å²) in [5.74, 6) is 0.910. The van der Waals surface area contributed by atoms with Crippen molar-refractivity contribution in [3.05, 3.63) is 89.7 Å². The van der Waals surface area contributed by atoms with Crippen molar-refractivity contribution in [1.29, 1.82) is 0 Å². The fourth-order valence-electron chi connectivity index (χ4n) is 3.72. The third kappa shape index (κ3) is 5.46. The summed E-state index contributed by atoms with van der Waals surface area (Å²) in [7, 11) is 3.15. The van der Waals surface area contributed by atoms with Crippen molar-refractivity contribution in [2.45, 2.75) is 19.1 Å². The molecule has 0 fully saturated rings. The van der Waals surface area contributed by atoms with Gasteiger partial charge in [0.15, 0.2) is 6.10 Å². The maximum absolute atomic E-state index is 14.4. The summed E-state index contributed by atoms with van der Waals surface area (Å²) in [5.41, 5.74) is 2.63. The van der Waals surface area contributed by atoms with E-state index < -0.39 is 6.03 Å². The molecule has 1 atom stereocenters. The summed E-state index contributed by atoms with van der Waals surface area (Å²) in [6.07, 6.45) is 0.148. The molecule has 176 valence electrons. The van der Waals surface area contributed by atoms with Crippen LogP contribution in [0.5, 0.6) is 11.5 Å². The van der Waals surface area contributed by atoms with Crippen LogP contribution in [0.2, 0.25) is 0 Å². The van der Waals surface area contributed by atoms with Crippen LogP contribution in [-0.2, 0) is 11.4 Å². The Bertz CT molecular complexity index is 1170. The number of urea groups is 1. The van der Waals surface area contributed by atoms with E-state index in [9.17, 15) is 9.18 Å². The van der Waals surface area contributed by atoms with Gasteiger partial charge in [-0.05, 0) is 48.0 Å². The summed E-state index contributed by atoms with van der Waals surface area (Å²) in [6.45, 7) is 0.295. The van der Waals surface area contributed by atoms with E-state index in [1.165, 1.54) is 18.1 Å². The Labute approximate surface area is 197 Å². The minimum absolute atomic E-state index is 0.0748. The van der Waals surface area contributed by atoms with E-state index in [2.05, 4.69) is 10.5 Å². The molecule has 0 radical (unpaired) electrons. The van der Waals surface area contributed by atoms with E-state index >= 15 is 0 Å². The van der Waals surface area contributed by atoms with Crippen LogP contribution in [-0.4, -0.2) is 43.5 Å².